The molecule has 0 bridgehead atoms. The van der Waals surface area contributed by atoms with Gasteiger partial charge in [0.1, 0.15) is 11.6 Å². The molecule has 0 aromatic heterocycles. The largest absolute Gasteiger partial charge is 0.459 e. The second-order valence-corrected chi connectivity index (χ2v) is 7.12. The van der Waals surface area contributed by atoms with Crippen LogP contribution in [0.3, 0.4) is 0 Å². The fourth-order valence-electron chi connectivity index (χ4n) is 2.60. The Hall–Kier alpha value is -0.570. The smallest absolute Gasteiger partial charge is 0.323 e. The fraction of sp³-hybridized carbons (Fsp3) is 0.938. The maximum Gasteiger partial charge on any atom is 0.323 e. The van der Waals surface area contributed by atoms with Crippen molar-refractivity contribution in [3.63, 3.8) is 0 Å². The molecule has 0 aromatic rings. The molecule has 0 saturated heterocycles. The molecule has 1 saturated carbocycles. The number of esters is 1. The lowest BCUT2D eigenvalue weighted by atomic mass is 9.81. The Morgan fingerprint density at radius 3 is 2.37 bits per heavy atom. The fourth-order valence-corrected chi connectivity index (χ4v) is 2.60. The number of nitrogens with one attached hydrogen (secondary N) is 1. The molecule has 112 valence electrons. The van der Waals surface area contributed by atoms with Crippen molar-refractivity contribution < 1.29 is 9.53 Å². The van der Waals surface area contributed by atoms with Gasteiger partial charge >= 0.3 is 5.97 Å². The number of carbonyl (C=O) groups excluding carboxylic acids is 1. The Morgan fingerprint density at radius 2 is 1.84 bits per heavy atom. The van der Waals surface area contributed by atoms with E-state index in [0.717, 1.165) is 18.4 Å². The normalized spacial score (nSPS) is 25.9. The van der Waals surface area contributed by atoms with E-state index >= 15 is 0 Å². The average molecular weight is 269 g/mol. The highest BCUT2D eigenvalue weighted by atomic mass is 16.6. The van der Waals surface area contributed by atoms with Gasteiger partial charge in [-0.3, -0.25) is 4.79 Å². The lowest BCUT2D eigenvalue weighted by Gasteiger charge is -2.27. The minimum Gasteiger partial charge on any atom is -0.459 e. The summed E-state index contributed by atoms with van der Waals surface area (Å²) in [6.07, 6.45) is 6.62. The minimum atomic E-state index is -0.396. The predicted octanol–water partition coefficient (Wildman–Crippen LogP) is 3.52. The molecular formula is C16H31NO2. The van der Waals surface area contributed by atoms with E-state index in [1.165, 1.54) is 32.1 Å². The molecule has 1 atom stereocenters. The Labute approximate surface area is 118 Å². The molecule has 3 heteroatoms. The van der Waals surface area contributed by atoms with Gasteiger partial charge in [-0.15, -0.1) is 0 Å². The number of hydrogen-bond donors (Lipinski definition) is 1. The lowest BCUT2D eigenvalue weighted by Crippen LogP contribution is -2.40. The van der Waals surface area contributed by atoms with Crippen LogP contribution in [0.5, 0.6) is 0 Å². The van der Waals surface area contributed by atoms with E-state index < -0.39 is 5.60 Å². The van der Waals surface area contributed by atoms with Crippen molar-refractivity contribution in [2.24, 2.45) is 11.8 Å². The van der Waals surface area contributed by atoms with E-state index in [0.29, 0.717) is 0 Å². The molecule has 1 rings (SSSR count). The zero-order chi connectivity index (χ0) is 14.5. The van der Waals surface area contributed by atoms with E-state index in [9.17, 15) is 4.79 Å². The van der Waals surface area contributed by atoms with Gasteiger partial charge in [0.2, 0.25) is 0 Å². The number of hydrogen-bond acceptors (Lipinski definition) is 3. The number of rotatable bonds is 5. The van der Waals surface area contributed by atoms with Crippen LogP contribution in [0, 0.1) is 11.8 Å². The molecule has 0 aromatic carbocycles. The van der Waals surface area contributed by atoms with Gasteiger partial charge in [0.25, 0.3) is 0 Å². The Morgan fingerprint density at radius 1 is 1.26 bits per heavy atom. The first-order chi connectivity index (χ1) is 8.78. The highest BCUT2D eigenvalue weighted by molar-refractivity contribution is 5.75. The Kier molecular flexibility index (Phi) is 6.31. The van der Waals surface area contributed by atoms with E-state index in [2.05, 4.69) is 12.2 Å². The summed E-state index contributed by atoms with van der Waals surface area (Å²) in [7, 11) is 0. The van der Waals surface area contributed by atoms with Gasteiger partial charge < -0.3 is 10.1 Å². The van der Waals surface area contributed by atoms with Gasteiger partial charge in [-0.1, -0.05) is 32.6 Å². The van der Waals surface area contributed by atoms with Gasteiger partial charge in [-0.05, 0) is 52.5 Å². The summed E-state index contributed by atoms with van der Waals surface area (Å²) < 4.78 is 5.35. The summed E-state index contributed by atoms with van der Waals surface area (Å²) >= 11 is 0. The summed E-state index contributed by atoms with van der Waals surface area (Å²) in [6, 6.07) is -0.207. The van der Waals surface area contributed by atoms with Crippen molar-refractivity contribution in [1.82, 2.24) is 5.32 Å². The number of carbonyl (C=O) groups is 1. The first kappa shape index (κ1) is 16.5. The second kappa shape index (κ2) is 7.28. The van der Waals surface area contributed by atoms with Crippen LogP contribution in [0.25, 0.3) is 0 Å². The molecule has 1 aliphatic carbocycles. The predicted molar refractivity (Wildman–Crippen MR) is 79.0 cm³/mol. The molecule has 1 aliphatic rings. The molecule has 3 nitrogen and oxygen atoms in total. The van der Waals surface area contributed by atoms with E-state index in [4.69, 9.17) is 4.74 Å². The number of ether oxygens (including phenoxy) is 1. The minimum absolute atomic E-state index is 0.148. The van der Waals surface area contributed by atoms with Gasteiger partial charge in [-0.2, -0.15) is 0 Å². The molecular weight excluding hydrogens is 238 g/mol. The topological polar surface area (TPSA) is 38.3 Å². The summed E-state index contributed by atoms with van der Waals surface area (Å²) in [5.74, 6) is 1.60. The summed E-state index contributed by atoms with van der Waals surface area (Å²) in [5, 5.41) is 3.29. The molecule has 0 radical (unpaired) electrons. The van der Waals surface area contributed by atoms with Crippen LogP contribution in [-0.4, -0.2) is 24.2 Å². The molecule has 1 fully saturated rings. The van der Waals surface area contributed by atoms with E-state index in [-0.39, 0.29) is 12.0 Å². The van der Waals surface area contributed by atoms with Gasteiger partial charge in [0.05, 0.1) is 0 Å². The Bertz CT molecular complexity index is 275. The standard InChI is InChI=1S/C16H31NO2/c1-12-6-8-14(9-7-12)10-11-17-13(2)15(18)19-16(3,4)5/h12-14,17H,6-11H2,1-5H3. The molecule has 1 unspecified atom stereocenters. The van der Waals surface area contributed by atoms with Gasteiger partial charge in [0, 0.05) is 0 Å². The van der Waals surface area contributed by atoms with Crippen LogP contribution < -0.4 is 5.32 Å². The van der Waals surface area contributed by atoms with E-state index in [1.54, 1.807) is 0 Å². The zero-order valence-electron chi connectivity index (χ0n) is 13.3. The first-order valence-electron chi connectivity index (χ1n) is 7.74. The Balaban J connectivity index is 2.16. The van der Waals surface area contributed by atoms with Crippen LogP contribution in [0.15, 0.2) is 0 Å². The van der Waals surface area contributed by atoms with Crippen molar-refractivity contribution in [3.05, 3.63) is 0 Å². The van der Waals surface area contributed by atoms with Crippen molar-refractivity contribution in [2.75, 3.05) is 6.54 Å². The van der Waals surface area contributed by atoms with Crippen LogP contribution in [0.4, 0.5) is 0 Å². The quantitative estimate of drug-likeness (QED) is 0.776. The lowest BCUT2D eigenvalue weighted by molar-refractivity contribution is -0.156. The van der Waals surface area contributed by atoms with Crippen molar-refractivity contribution in [3.8, 4) is 0 Å². The van der Waals surface area contributed by atoms with Crippen LogP contribution in [0.1, 0.15) is 66.7 Å². The third-order valence-corrected chi connectivity index (χ3v) is 3.90. The second-order valence-electron chi connectivity index (χ2n) is 7.12. The maximum absolute atomic E-state index is 11.8. The summed E-state index contributed by atoms with van der Waals surface area (Å²) in [6.45, 7) is 10.9. The molecule has 0 aliphatic heterocycles. The third-order valence-electron chi connectivity index (χ3n) is 3.90. The van der Waals surface area contributed by atoms with Crippen molar-refractivity contribution in [1.29, 1.82) is 0 Å². The van der Waals surface area contributed by atoms with Crippen LogP contribution >= 0.6 is 0 Å². The molecule has 1 N–H and O–H groups in total. The van der Waals surface area contributed by atoms with Gasteiger partial charge in [0.15, 0.2) is 0 Å². The molecule has 0 heterocycles. The van der Waals surface area contributed by atoms with Crippen LogP contribution in [0.2, 0.25) is 0 Å². The zero-order valence-corrected chi connectivity index (χ0v) is 13.3. The summed E-state index contributed by atoms with van der Waals surface area (Å²) in [5.41, 5.74) is -0.396. The van der Waals surface area contributed by atoms with Crippen molar-refractivity contribution in [2.45, 2.75) is 78.4 Å². The molecule has 19 heavy (non-hydrogen) atoms. The average Bonchev–Trinajstić information content (AvgIpc) is 2.29. The highest BCUT2D eigenvalue weighted by Gasteiger charge is 2.22. The highest BCUT2D eigenvalue weighted by Crippen LogP contribution is 2.29. The third kappa shape index (κ3) is 6.95. The van der Waals surface area contributed by atoms with Crippen molar-refractivity contribution >= 4 is 5.97 Å². The van der Waals surface area contributed by atoms with Gasteiger partial charge in [-0.25, -0.2) is 0 Å². The summed E-state index contributed by atoms with van der Waals surface area (Å²) in [4.78, 5) is 11.8. The van der Waals surface area contributed by atoms with E-state index in [1.807, 2.05) is 27.7 Å². The molecule has 0 amide bonds. The SMILES string of the molecule is CC1CCC(CCNC(C)C(=O)OC(C)(C)C)CC1. The maximum atomic E-state index is 11.8. The van der Waals surface area contributed by atoms with Crippen LogP contribution in [-0.2, 0) is 9.53 Å². The monoisotopic (exact) mass is 269 g/mol. The first-order valence-corrected chi connectivity index (χ1v) is 7.74. The molecule has 0 spiro atoms.